The van der Waals surface area contributed by atoms with Gasteiger partial charge in [0.15, 0.2) is 5.82 Å². The first-order valence-electron chi connectivity index (χ1n) is 6.23. The van der Waals surface area contributed by atoms with Crippen LogP contribution in [0.15, 0.2) is 9.15 Å². The van der Waals surface area contributed by atoms with E-state index in [2.05, 4.69) is 25.1 Å². The van der Waals surface area contributed by atoms with Crippen molar-refractivity contribution in [2.24, 2.45) is 11.8 Å². The predicted molar refractivity (Wildman–Crippen MR) is 60.2 cm³/mol. The zero-order valence-corrected chi connectivity index (χ0v) is 9.74. The topological polar surface area (TPSA) is 104 Å². The second-order valence-electron chi connectivity index (χ2n) is 5.24. The fourth-order valence-corrected chi connectivity index (χ4v) is 3.39. The van der Waals surface area contributed by atoms with Gasteiger partial charge in [-0.2, -0.15) is 4.98 Å². The summed E-state index contributed by atoms with van der Waals surface area (Å²) in [6.07, 6.45) is 5.12. The number of aromatic nitrogens is 4. The number of hydrogen-bond acceptors (Lipinski definition) is 7. The number of nitrogens with zero attached hydrogens (tertiary/aromatic N) is 4. The van der Waals surface area contributed by atoms with Gasteiger partial charge in [0.05, 0.1) is 0 Å². The second kappa shape index (κ2) is 3.54. The SMILES string of the molecule is Nc1nonc1-c1nc(C2CC3CCC2C3)no1. The molecule has 0 saturated heterocycles. The Morgan fingerprint density at radius 3 is 2.72 bits per heavy atom. The number of nitrogen functional groups attached to an aromatic ring is 1. The summed E-state index contributed by atoms with van der Waals surface area (Å²) in [5.74, 6) is 3.25. The largest absolute Gasteiger partial charge is 0.379 e. The van der Waals surface area contributed by atoms with Crippen LogP contribution >= 0.6 is 0 Å². The molecule has 94 valence electrons. The molecule has 2 saturated carbocycles. The fraction of sp³-hybridized carbons (Fsp3) is 0.636. The van der Waals surface area contributed by atoms with Gasteiger partial charge >= 0.3 is 0 Å². The standard InChI is InChI=1S/C11H13N5O2/c12-9-8(14-18-15-9)11-13-10(16-17-11)7-4-5-1-2-6(7)3-5/h5-7H,1-4H2,(H2,12,15). The third-order valence-corrected chi connectivity index (χ3v) is 4.23. The average molecular weight is 247 g/mol. The molecule has 2 aromatic heterocycles. The van der Waals surface area contributed by atoms with Crippen LogP contribution in [0.25, 0.3) is 11.6 Å². The first kappa shape index (κ1) is 10.0. The van der Waals surface area contributed by atoms with Crippen molar-refractivity contribution < 1.29 is 9.15 Å². The highest BCUT2D eigenvalue weighted by molar-refractivity contribution is 5.60. The molecular formula is C11H13N5O2. The lowest BCUT2D eigenvalue weighted by Crippen LogP contribution is -2.09. The van der Waals surface area contributed by atoms with Crippen LogP contribution < -0.4 is 5.73 Å². The highest BCUT2D eigenvalue weighted by atomic mass is 16.6. The number of nitrogens with two attached hydrogens (primary N) is 1. The second-order valence-corrected chi connectivity index (χ2v) is 5.24. The van der Waals surface area contributed by atoms with Crippen molar-refractivity contribution >= 4 is 5.82 Å². The van der Waals surface area contributed by atoms with Gasteiger partial charge in [-0.1, -0.05) is 11.6 Å². The van der Waals surface area contributed by atoms with E-state index >= 15 is 0 Å². The Hall–Kier alpha value is -1.92. The lowest BCUT2D eigenvalue weighted by Gasteiger charge is -2.17. The Balaban J connectivity index is 1.65. The van der Waals surface area contributed by atoms with Crippen LogP contribution in [0.2, 0.25) is 0 Å². The minimum Gasteiger partial charge on any atom is -0.379 e. The molecule has 2 bridgehead atoms. The lowest BCUT2D eigenvalue weighted by molar-refractivity contribution is 0.308. The van der Waals surface area contributed by atoms with Crippen molar-refractivity contribution in [2.75, 3.05) is 5.73 Å². The number of hydrogen-bond donors (Lipinski definition) is 1. The van der Waals surface area contributed by atoms with Crippen molar-refractivity contribution in [2.45, 2.75) is 31.6 Å². The molecule has 4 rings (SSSR count). The third-order valence-electron chi connectivity index (χ3n) is 4.23. The Kier molecular flexibility index (Phi) is 1.97. The molecule has 18 heavy (non-hydrogen) atoms. The van der Waals surface area contributed by atoms with Crippen molar-refractivity contribution in [3.8, 4) is 11.6 Å². The molecule has 7 nitrogen and oxygen atoms in total. The first-order chi connectivity index (χ1) is 8.81. The Bertz CT molecular complexity index is 578. The fourth-order valence-electron chi connectivity index (χ4n) is 3.39. The van der Waals surface area contributed by atoms with Gasteiger partial charge in [-0.05, 0) is 41.4 Å². The summed E-state index contributed by atoms with van der Waals surface area (Å²) in [5.41, 5.74) is 5.93. The quantitative estimate of drug-likeness (QED) is 0.859. The molecule has 3 unspecified atom stereocenters. The summed E-state index contributed by atoms with van der Waals surface area (Å²) in [4.78, 5) is 4.39. The molecule has 3 atom stereocenters. The van der Waals surface area contributed by atoms with Crippen LogP contribution in [0.5, 0.6) is 0 Å². The van der Waals surface area contributed by atoms with Gasteiger partial charge < -0.3 is 10.3 Å². The lowest BCUT2D eigenvalue weighted by atomic mass is 9.88. The molecule has 7 heteroatoms. The number of anilines is 1. The van der Waals surface area contributed by atoms with E-state index in [-0.39, 0.29) is 5.82 Å². The molecule has 0 amide bonds. The Morgan fingerprint density at radius 1 is 1.11 bits per heavy atom. The van der Waals surface area contributed by atoms with Gasteiger partial charge in [0.2, 0.25) is 11.5 Å². The predicted octanol–water partition coefficient (Wildman–Crippen LogP) is 1.61. The van der Waals surface area contributed by atoms with Crippen LogP contribution in [0.3, 0.4) is 0 Å². The molecule has 0 aliphatic heterocycles. The molecule has 0 aromatic carbocycles. The van der Waals surface area contributed by atoms with Crippen LogP contribution in [0.4, 0.5) is 5.82 Å². The maximum Gasteiger partial charge on any atom is 0.284 e. The number of fused-ring (bicyclic) bond motifs is 2. The van der Waals surface area contributed by atoms with E-state index in [0.29, 0.717) is 23.4 Å². The summed E-state index contributed by atoms with van der Waals surface area (Å²) >= 11 is 0. The summed E-state index contributed by atoms with van der Waals surface area (Å²) in [5, 5.41) is 11.2. The zero-order valence-electron chi connectivity index (χ0n) is 9.74. The normalized spacial score (nSPS) is 30.1. The van der Waals surface area contributed by atoms with E-state index in [1.165, 1.54) is 25.7 Å². The minimum absolute atomic E-state index is 0.179. The van der Waals surface area contributed by atoms with Gasteiger partial charge in [-0.15, -0.1) is 0 Å². The van der Waals surface area contributed by atoms with Gasteiger partial charge in [-0.3, -0.25) is 0 Å². The highest BCUT2D eigenvalue weighted by Crippen LogP contribution is 2.52. The van der Waals surface area contributed by atoms with E-state index in [1.54, 1.807) is 0 Å². The smallest absolute Gasteiger partial charge is 0.284 e. The molecule has 2 N–H and O–H groups in total. The molecule has 2 heterocycles. The van der Waals surface area contributed by atoms with E-state index in [4.69, 9.17) is 10.3 Å². The summed E-state index contributed by atoms with van der Waals surface area (Å²) in [6, 6.07) is 0. The van der Waals surface area contributed by atoms with E-state index in [9.17, 15) is 0 Å². The summed E-state index contributed by atoms with van der Waals surface area (Å²) in [7, 11) is 0. The van der Waals surface area contributed by atoms with Crippen LogP contribution in [-0.2, 0) is 0 Å². The number of rotatable bonds is 2. The van der Waals surface area contributed by atoms with Gasteiger partial charge in [0, 0.05) is 5.92 Å². The Labute approximate surface area is 103 Å². The third kappa shape index (κ3) is 1.36. The minimum atomic E-state index is 0.179. The van der Waals surface area contributed by atoms with Crippen LogP contribution in [-0.4, -0.2) is 20.5 Å². The molecule has 2 aromatic rings. The zero-order chi connectivity index (χ0) is 12.1. The molecular weight excluding hydrogens is 234 g/mol. The maximum absolute atomic E-state index is 5.60. The molecule has 0 radical (unpaired) electrons. The monoisotopic (exact) mass is 247 g/mol. The van der Waals surface area contributed by atoms with Crippen LogP contribution in [0, 0.1) is 11.8 Å². The molecule has 2 aliphatic carbocycles. The summed E-state index contributed by atoms with van der Waals surface area (Å²) < 4.78 is 9.74. The molecule has 2 aliphatic rings. The molecule has 0 spiro atoms. The maximum atomic E-state index is 5.60. The first-order valence-corrected chi connectivity index (χ1v) is 6.23. The van der Waals surface area contributed by atoms with E-state index in [0.717, 1.165) is 11.7 Å². The van der Waals surface area contributed by atoms with Crippen molar-refractivity contribution in [3.63, 3.8) is 0 Å². The van der Waals surface area contributed by atoms with Gasteiger partial charge in [0.25, 0.3) is 5.89 Å². The van der Waals surface area contributed by atoms with Crippen molar-refractivity contribution in [3.05, 3.63) is 5.82 Å². The van der Waals surface area contributed by atoms with Crippen LogP contribution in [0.1, 0.15) is 37.4 Å². The summed E-state index contributed by atoms with van der Waals surface area (Å²) in [6.45, 7) is 0. The van der Waals surface area contributed by atoms with E-state index < -0.39 is 0 Å². The van der Waals surface area contributed by atoms with Gasteiger partial charge in [-0.25, -0.2) is 4.63 Å². The Morgan fingerprint density at radius 2 is 2.06 bits per heavy atom. The van der Waals surface area contributed by atoms with E-state index in [1.807, 2.05) is 0 Å². The van der Waals surface area contributed by atoms with Crippen molar-refractivity contribution in [1.29, 1.82) is 0 Å². The van der Waals surface area contributed by atoms with Gasteiger partial charge in [0.1, 0.15) is 0 Å². The van der Waals surface area contributed by atoms with Crippen molar-refractivity contribution in [1.82, 2.24) is 20.5 Å². The average Bonchev–Trinajstić information content (AvgIpc) is 3.12. The molecule has 2 fully saturated rings. The highest BCUT2D eigenvalue weighted by Gasteiger charge is 2.42.